The Labute approximate surface area is 151 Å². The smallest absolute Gasteiger partial charge is 0.264 e. The number of nitrogens with two attached hydrogens (primary N) is 1. The lowest BCUT2D eigenvalue weighted by Gasteiger charge is -2.25. The standard InChI is InChI=1S/C16H16Cl2N2O3S/c1-10-3-6-15(11(2)7-10)20(9-16(19)21)24(22,23)12-4-5-13(17)14(18)8-12/h3-8H,9H2,1-2H3,(H2,19,21). The number of carbonyl (C=O) groups is 1. The van der Waals surface area contributed by atoms with Crippen molar-refractivity contribution >= 4 is 44.8 Å². The summed E-state index contributed by atoms with van der Waals surface area (Å²) in [6.45, 7) is 3.18. The third-order valence-corrected chi connectivity index (χ3v) is 5.89. The van der Waals surface area contributed by atoms with E-state index in [0.717, 1.165) is 9.87 Å². The van der Waals surface area contributed by atoms with Gasteiger partial charge in [-0.15, -0.1) is 0 Å². The van der Waals surface area contributed by atoms with Crippen LogP contribution >= 0.6 is 23.2 Å². The second kappa shape index (κ2) is 7.01. The zero-order chi connectivity index (χ0) is 18.1. The number of nitrogens with zero attached hydrogens (tertiary/aromatic N) is 1. The summed E-state index contributed by atoms with van der Waals surface area (Å²) < 4.78 is 26.9. The normalized spacial score (nSPS) is 11.3. The van der Waals surface area contributed by atoms with E-state index in [1.165, 1.54) is 18.2 Å². The van der Waals surface area contributed by atoms with Crippen LogP contribution in [0.15, 0.2) is 41.3 Å². The molecule has 0 radical (unpaired) electrons. The Hall–Kier alpha value is -1.76. The number of anilines is 1. The number of hydrogen-bond donors (Lipinski definition) is 1. The first-order chi connectivity index (χ1) is 11.1. The van der Waals surface area contributed by atoms with Crippen LogP contribution in [0.25, 0.3) is 0 Å². The highest BCUT2D eigenvalue weighted by atomic mass is 35.5. The SMILES string of the molecule is Cc1ccc(N(CC(N)=O)S(=O)(=O)c2ccc(Cl)c(Cl)c2)c(C)c1. The quantitative estimate of drug-likeness (QED) is 0.855. The third kappa shape index (κ3) is 3.83. The molecule has 0 aliphatic heterocycles. The van der Waals surface area contributed by atoms with Crippen molar-refractivity contribution in [3.8, 4) is 0 Å². The van der Waals surface area contributed by atoms with E-state index in [0.29, 0.717) is 11.3 Å². The summed E-state index contributed by atoms with van der Waals surface area (Å²) in [6.07, 6.45) is 0. The van der Waals surface area contributed by atoms with E-state index in [-0.39, 0.29) is 14.9 Å². The van der Waals surface area contributed by atoms with Crippen molar-refractivity contribution in [2.45, 2.75) is 18.7 Å². The molecular formula is C16H16Cl2N2O3S. The summed E-state index contributed by atoms with van der Waals surface area (Å²) in [4.78, 5) is 11.4. The minimum Gasteiger partial charge on any atom is -0.368 e. The number of benzene rings is 2. The Balaban J connectivity index is 2.61. The van der Waals surface area contributed by atoms with Crippen LogP contribution in [0.2, 0.25) is 10.0 Å². The molecule has 0 saturated heterocycles. The highest BCUT2D eigenvalue weighted by molar-refractivity contribution is 7.92. The van der Waals surface area contributed by atoms with Gasteiger partial charge in [-0.3, -0.25) is 9.10 Å². The Bertz CT molecular complexity index is 898. The molecule has 128 valence electrons. The van der Waals surface area contributed by atoms with Crippen LogP contribution < -0.4 is 10.0 Å². The molecule has 0 heterocycles. The number of carbonyl (C=O) groups excluding carboxylic acids is 1. The van der Waals surface area contributed by atoms with Gasteiger partial charge in [-0.1, -0.05) is 40.9 Å². The number of hydrogen-bond acceptors (Lipinski definition) is 3. The van der Waals surface area contributed by atoms with Gasteiger partial charge in [0.25, 0.3) is 10.0 Å². The maximum absolute atomic E-state index is 13.0. The Morgan fingerprint density at radius 2 is 1.75 bits per heavy atom. The maximum atomic E-state index is 13.0. The van der Waals surface area contributed by atoms with Crippen LogP contribution in [-0.2, 0) is 14.8 Å². The Morgan fingerprint density at radius 1 is 1.08 bits per heavy atom. The molecule has 5 nitrogen and oxygen atoms in total. The minimum atomic E-state index is -4.03. The summed E-state index contributed by atoms with van der Waals surface area (Å²) in [6, 6.07) is 9.20. The van der Waals surface area contributed by atoms with E-state index in [4.69, 9.17) is 28.9 Å². The molecule has 0 spiro atoms. The maximum Gasteiger partial charge on any atom is 0.264 e. The van der Waals surface area contributed by atoms with Crippen molar-refractivity contribution in [1.82, 2.24) is 0 Å². The lowest BCUT2D eigenvalue weighted by molar-refractivity contribution is -0.116. The zero-order valence-electron chi connectivity index (χ0n) is 13.1. The molecule has 2 N–H and O–H groups in total. The Morgan fingerprint density at radius 3 is 2.29 bits per heavy atom. The first-order valence-corrected chi connectivity index (χ1v) is 9.16. The van der Waals surface area contributed by atoms with Crippen LogP contribution in [0, 0.1) is 13.8 Å². The summed E-state index contributed by atoms with van der Waals surface area (Å²) in [5, 5.41) is 0.348. The first-order valence-electron chi connectivity index (χ1n) is 6.96. The molecule has 0 unspecified atom stereocenters. The van der Waals surface area contributed by atoms with E-state index in [2.05, 4.69) is 0 Å². The van der Waals surface area contributed by atoms with Crippen molar-refractivity contribution in [3.05, 3.63) is 57.6 Å². The first kappa shape index (κ1) is 18.6. The van der Waals surface area contributed by atoms with E-state index < -0.39 is 22.5 Å². The fourth-order valence-corrected chi connectivity index (χ4v) is 4.18. The molecule has 0 aromatic heterocycles. The average Bonchev–Trinajstić information content (AvgIpc) is 2.48. The predicted octanol–water partition coefficient (Wildman–Crippen LogP) is 3.29. The molecule has 0 fully saturated rings. The number of amides is 1. The fourth-order valence-electron chi connectivity index (χ4n) is 2.29. The molecule has 0 atom stereocenters. The third-order valence-electron chi connectivity index (χ3n) is 3.40. The molecule has 1 amide bonds. The molecule has 8 heteroatoms. The topological polar surface area (TPSA) is 80.5 Å². The van der Waals surface area contributed by atoms with Crippen molar-refractivity contribution in [2.24, 2.45) is 5.73 Å². The van der Waals surface area contributed by atoms with Gasteiger partial charge in [0.15, 0.2) is 0 Å². The number of primary amides is 1. The van der Waals surface area contributed by atoms with Crippen LogP contribution in [0.4, 0.5) is 5.69 Å². The summed E-state index contributed by atoms with van der Waals surface area (Å²) in [7, 11) is -4.03. The van der Waals surface area contributed by atoms with Crippen molar-refractivity contribution < 1.29 is 13.2 Å². The van der Waals surface area contributed by atoms with E-state index in [1.807, 2.05) is 13.0 Å². The van der Waals surface area contributed by atoms with Crippen LogP contribution in [-0.4, -0.2) is 20.9 Å². The van der Waals surface area contributed by atoms with Crippen LogP contribution in [0.5, 0.6) is 0 Å². The van der Waals surface area contributed by atoms with Gasteiger partial charge < -0.3 is 5.73 Å². The average molecular weight is 387 g/mol. The highest BCUT2D eigenvalue weighted by Crippen LogP contribution is 2.30. The molecule has 2 aromatic rings. The minimum absolute atomic E-state index is 0.0712. The van der Waals surface area contributed by atoms with Gasteiger partial charge in [0.2, 0.25) is 5.91 Å². The molecule has 0 bridgehead atoms. The van der Waals surface area contributed by atoms with Gasteiger partial charge in [-0.25, -0.2) is 8.42 Å². The zero-order valence-corrected chi connectivity index (χ0v) is 15.4. The predicted molar refractivity (Wildman–Crippen MR) is 96.1 cm³/mol. The number of aryl methyl sites for hydroxylation is 2. The van der Waals surface area contributed by atoms with Crippen LogP contribution in [0.3, 0.4) is 0 Å². The number of rotatable bonds is 5. The van der Waals surface area contributed by atoms with Gasteiger partial charge >= 0.3 is 0 Å². The van der Waals surface area contributed by atoms with Crippen LogP contribution in [0.1, 0.15) is 11.1 Å². The summed E-state index contributed by atoms with van der Waals surface area (Å²) in [5.41, 5.74) is 7.31. The van der Waals surface area contributed by atoms with Gasteiger partial charge in [0.05, 0.1) is 20.6 Å². The molecule has 0 saturated carbocycles. The second-order valence-corrected chi connectivity index (χ2v) is 8.02. The number of sulfonamides is 1. The summed E-state index contributed by atoms with van der Waals surface area (Å²) >= 11 is 11.8. The van der Waals surface area contributed by atoms with Crippen molar-refractivity contribution in [1.29, 1.82) is 0 Å². The molecule has 24 heavy (non-hydrogen) atoms. The lowest BCUT2D eigenvalue weighted by Crippen LogP contribution is -2.39. The van der Waals surface area contributed by atoms with Crippen molar-refractivity contribution in [2.75, 3.05) is 10.8 Å². The van der Waals surface area contributed by atoms with Gasteiger partial charge in [-0.05, 0) is 43.7 Å². The summed E-state index contributed by atoms with van der Waals surface area (Å²) in [5.74, 6) is -0.765. The molecule has 2 aromatic carbocycles. The molecule has 2 rings (SSSR count). The van der Waals surface area contributed by atoms with Gasteiger partial charge in [0, 0.05) is 0 Å². The highest BCUT2D eigenvalue weighted by Gasteiger charge is 2.28. The largest absolute Gasteiger partial charge is 0.368 e. The molecular weight excluding hydrogens is 371 g/mol. The monoisotopic (exact) mass is 386 g/mol. The Kier molecular flexibility index (Phi) is 5.42. The van der Waals surface area contributed by atoms with E-state index >= 15 is 0 Å². The molecule has 0 aliphatic carbocycles. The molecule has 0 aliphatic rings. The van der Waals surface area contributed by atoms with Gasteiger partial charge in [-0.2, -0.15) is 0 Å². The fraction of sp³-hybridized carbons (Fsp3) is 0.188. The lowest BCUT2D eigenvalue weighted by atomic mass is 10.1. The second-order valence-electron chi connectivity index (χ2n) is 5.34. The van der Waals surface area contributed by atoms with E-state index in [1.54, 1.807) is 19.1 Å². The number of halogens is 2. The van der Waals surface area contributed by atoms with E-state index in [9.17, 15) is 13.2 Å². The van der Waals surface area contributed by atoms with Gasteiger partial charge in [0.1, 0.15) is 6.54 Å². The van der Waals surface area contributed by atoms with Crippen molar-refractivity contribution in [3.63, 3.8) is 0 Å².